The molecular weight excluding hydrogens is 321 g/mol. The Morgan fingerprint density at radius 1 is 1.18 bits per heavy atom. The third-order valence-electron chi connectivity index (χ3n) is 2.83. The van der Waals surface area contributed by atoms with Crippen LogP contribution in [0.25, 0.3) is 0 Å². The van der Waals surface area contributed by atoms with E-state index in [9.17, 15) is 0 Å². The van der Waals surface area contributed by atoms with Crippen LogP contribution in [0.3, 0.4) is 0 Å². The van der Waals surface area contributed by atoms with Crippen LogP contribution in [0.15, 0.2) is 24.3 Å². The van der Waals surface area contributed by atoms with E-state index < -0.39 is 0 Å². The van der Waals surface area contributed by atoms with Gasteiger partial charge in [0.1, 0.15) is 0 Å². The highest BCUT2D eigenvalue weighted by atomic mass is 127. The minimum absolute atomic E-state index is 0.620. The largest absolute Gasteiger partial charge is 0.314 e. The Kier molecular flexibility index (Phi) is 7.12. The van der Waals surface area contributed by atoms with Crippen LogP contribution in [-0.2, 0) is 6.42 Å². The molecule has 1 aromatic carbocycles. The molecular formula is C15H24IN. The molecule has 0 heterocycles. The second-order valence-electron chi connectivity index (χ2n) is 5.11. The third-order valence-corrected chi connectivity index (χ3v) is 3.55. The molecule has 1 atom stereocenters. The van der Waals surface area contributed by atoms with E-state index in [0.717, 1.165) is 18.9 Å². The van der Waals surface area contributed by atoms with Gasteiger partial charge in [-0.2, -0.15) is 0 Å². The summed E-state index contributed by atoms with van der Waals surface area (Å²) in [5.41, 5.74) is 1.44. The summed E-state index contributed by atoms with van der Waals surface area (Å²) in [6.45, 7) is 7.95. The van der Waals surface area contributed by atoms with Crippen LogP contribution in [0.5, 0.6) is 0 Å². The van der Waals surface area contributed by atoms with Crippen LogP contribution >= 0.6 is 22.6 Å². The van der Waals surface area contributed by atoms with Crippen molar-refractivity contribution in [1.82, 2.24) is 5.32 Å². The molecule has 0 aliphatic carbocycles. The molecule has 0 spiro atoms. The lowest BCUT2D eigenvalue weighted by molar-refractivity contribution is 0.416. The molecule has 0 bridgehead atoms. The Bertz CT molecular complexity index is 305. The fourth-order valence-corrected chi connectivity index (χ4v) is 2.42. The zero-order valence-electron chi connectivity index (χ0n) is 11.2. The second kappa shape index (κ2) is 8.09. The first-order valence-electron chi connectivity index (χ1n) is 6.59. The molecule has 96 valence electrons. The van der Waals surface area contributed by atoms with Gasteiger partial charge in [0.25, 0.3) is 0 Å². The van der Waals surface area contributed by atoms with Gasteiger partial charge in [-0.25, -0.2) is 0 Å². The lowest BCUT2D eigenvalue weighted by Gasteiger charge is -2.20. The van der Waals surface area contributed by atoms with Gasteiger partial charge in [-0.15, -0.1) is 0 Å². The number of rotatable bonds is 7. The molecule has 1 unspecified atom stereocenters. The standard InChI is InChI=1S/C15H24IN/c1-4-9-17-15(10-12(2)3)11-13-5-7-14(16)8-6-13/h5-8,12,15,17H,4,9-11H2,1-3H3. The Balaban J connectivity index is 2.54. The van der Waals surface area contributed by atoms with E-state index in [1.54, 1.807) is 0 Å². The van der Waals surface area contributed by atoms with Crippen LogP contribution in [-0.4, -0.2) is 12.6 Å². The van der Waals surface area contributed by atoms with Crippen molar-refractivity contribution in [1.29, 1.82) is 0 Å². The molecule has 1 N–H and O–H groups in total. The van der Waals surface area contributed by atoms with E-state index in [2.05, 4.69) is 72.9 Å². The van der Waals surface area contributed by atoms with Crippen molar-refractivity contribution >= 4 is 22.6 Å². The summed E-state index contributed by atoms with van der Waals surface area (Å²) in [4.78, 5) is 0. The van der Waals surface area contributed by atoms with E-state index in [1.165, 1.54) is 22.0 Å². The zero-order chi connectivity index (χ0) is 12.7. The maximum absolute atomic E-state index is 3.66. The van der Waals surface area contributed by atoms with E-state index >= 15 is 0 Å². The van der Waals surface area contributed by atoms with Crippen molar-refractivity contribution in [3.63, 3.8) is 0 Å². The van der Waals surface area contributed by atoms with E-state index in [-0.39, 0.29) is 0 Å². The molecule has 17 heavy (non-hydrogen) atoms. The average Bonchev–Trinajstić information content (AvgIpc) is 2.28. The van der Waals surface area contributed by atoms with Crippen molar-refractivity contribution in [2.45, 2.75) is 46.1 Å². The predicted octanol–water partition coefficient (Wildman–Crippen LogP) is 4.25. The van der Waals surface area contributed by atoms with Crippen molar-refractivity contribution in [2.75, 3.05) is 6.54 Å². The molecule has 0 saturated heterocycles. The summed E-state index contributed by atoms with van der Waals surface area (Å²) >= 11 is 2.36. The molecule has 2 heteroatoms. The van der Waals surface area contributed by atoms with E-state index in [4.69, 9.17) is 0 Å². The Morgan fingerprint density at radius 2 is 1.82 bits per heavy atom. The minimum atomic E-state index is 0.620. The van der Waals surface area contributed by atoms with Crippen LogP contribution < -0.4 is 5.32 Å². The van der Waals surface area contributed by atoms with Gasteiger partial charge in [-0.3, -0.25) is 0 Å². The number of hydrogen-bond donors (Lipinski definition) is 1. The second-order valence-corrected chi connectivity index (χ2v) is 6.36. The van der Waals surface area contributed by atoms with Crippen LogP contribution in [0, 0.1) is 9.49 Å². The quantitative estimate of drug-likeness (QED) is 0.729. The predicted molar refractivity (Wildman–Crippen MR) is 84.4 cm³/mol. The van der Waals surface area contributed by atoms with Gasteiger partial charge in [0.05, 0.1) is 0 Å². The molecule has 1 aromatic rings. The van der Waals surface area contributed by atoms with Crippen molar-refractivity contribution in [3.05, 3.63) is 33.4 Å². The average molecular weight is 345 g/mol. The molecule has 1 rings (SSSR count). The highest BCUT2D eigenvalue weighted by Gasteiger charge is 2.10. The van der Waals surface area contributed by atoms with Crippen LogP contribution in [0.4, 0.5) is 0 Å². The van der Waals surface area contributed by atoms with Crippen molar-refractivity contribution in [3.8, 4) is 0 Å². The van der Waals surface area contributed by atoms with Gasteiger partial charge in [0.2, 0.25) is 0 Å². The van der Waals surface area contributed by atoms with Gasteiger partial charge >= 0.3 is 0 Å². The first kappa shape index (κ1) is 15.0. The van der Waals surface area contributed by atoms with E-state index in [1.807, 2.05) is 0 Å². The van der Waals surface area contributed by atoms with Gasteiger partial charge < -0.3 is 5.32 Å². The Hall–Kier alpha value is -0.0900. The molecule has 0 aliphatic heterocycles. The molecule has 0 amide bonds. The SMILES string of the molecule is CCCNC(Cc1ccc(I)cc1)CC(C)C. The summed E-state index contributed by atoms with van der Waals surface area (Å²) in [5, 5.41) is 3.66. The van der Waals surface area contributed by atoms with Gasteiger partial charge in [0.15, 0.2) is 0 Å². The highest BCUT2D eigenvalue weighted by Crippen LogP contribution is 2.13. The number of benzene rings is 1. The van der Waals surface area contributed by atoms with E-state index in [0.29, 0.717) is 6.04 Å². The molecule has 0 aliphatic rings. The smallest absolute Gasteiger partial charge is 0.0130 e. The lowest BCUT2D eigenvalue weighted by atomic mass is 9.97. The minimum Gasteiger partial charge on any atom is -0.314 e. The Labute approximate surface area is 120 Å². The number of hydrogen-bond acceptors (Lipinski definition) is 1. The van der Waals surface area contributed by atoms with Crippen molar-refractivity contribution < 1.29 is 0 Å². The molecule has 0 fully saturated rings. The molecule has 0 aromatic heterocycles. The summed E-state index contributed by atoms with van der Waals surface area (Å²) < 4.78 is 1.31. The first-order valence-corrected chi connectivity index (χ1v) is 7.67. The third kappa shape index (κ3) is 6.41. The monoisotopic (exact) mass is 345 g/mol. The van der Waals surface area contributed by atoms with Gasteiger partial charge in [-0.05, 0) is 72.0 Å². The summed E-state index contributed by atoms with van der Waals surface area (Å²) in [6.07, 6.45) is 3.61. The fourth-order valence-electron chi connectivity index (χ4n) is 2.06. The molecule has 1 nitrogen and oxygen atoms in total. The summed E-state index contributed by atoms with van der Waals surface area (Å²) in [6, 6.07) is 9.52. The van der Waals surface area contributed by atoms with Crippen LogP contribution in [0.2, 0.25) is 0 Å². The topological polar surface area (TPSA) is 12.0 Å². The number of nitrogens with one attached hydrogen (secondary N) is 1. The Morgan fingerprint density at radius 3 is 2.35 bits per heavy atom. The summed E-state index contributed by atoms with van der Waals surface area (Å²) in [7, 11) is 0. The van der Waals surface area contributed by atoms with Crippen molar-refractivity contribution in [2.24, 2.45) is 5.92 Å². The maximum atomic E-state index is 3.66. The lowest BCUT2D eigenvalue weighted by Crippen LogP contribution is -2.33. The zero-order valence-corrected chi connectivity index (χ0v) is 13.3. The van der Waals surface area contributed by atoms with Gasteiger partial charge in [0, 0.05) is 9.61 Å². The number of halogens is 1. The first-order chi connectivity index (χ1) is 8.11. The van der Waals surface area contributed by atoms with Crippen LogP contribution in [0.1, 0.15) is 39.2 Å². The normalized spacial score (nSPS) is 13.0. The maximum Gasteiger partial charge on any atom is 0.0130 e. The molecule has 0 saturated carbocycles. The fraction of sp³-hybridized carbons (Fsp3) is 0.600. The molecule has 0 radical (unpaired) electrons. The van der Waals surface area contributed by atoms with Gasteiger partial charge in [-0.1, -0.05) is 32.9 Å². The summed E-state index contributed by atoms with van der Waals surface area (Å²) in [5.74, 6) is 0.758. The highest BCUT2D eigenvalue weighted by molar-refractivity contribution is 14.1.